The summed E-state index contributed by atoms with van der Waals surface area (Å²) in [6.45, 7) is 2.02. The van der Waals surface area contributed by atoms with Crippen LogP contribution in [0.15, 0.2) is 12.3 Å². The van der Waals surface area contributed by atoms with Crippen LogP contribution in [0.4, 0.5) is 0 Å². The molecule has 0 aliphatic heterocycles. The highest BCUT2D eigenvalue weighted by atomic mass is 16.5. The van der Waals surface area contributed by atoms with E-state index in [0.29, 0.717) is 12.2 Å². The van der Waals surface area contributed by atoms with Gasteiger partial charge in [0, 0.05) is 6.20 Å². The molecule has 0 spiro atoms. The van der Waals surface area contributed by atoms with Crippen molar-refractivity contribution >= 4 is 5.97 Å². The third kappa shape index (κ3) is 1.45. The zero-order valence-electron chi connectivity index (χ0n) is 6.63. The van der Waals surface area contributed by atoms with Gasteiger partial charge in [-0.3, -0.25) is 0 Å². The number of ether oxygens (including phenoxy) is 1. The molecule has 4 nitrogen and oxygen atoms in total. The molecule has 4 heteroatoms. The van der Waals surface area contributed by atoms with Crippen LogP contribution in [-0.4, -0.2) is 17.6 Å². The average Bonchev–Trinajstić information content (AvgIpc) is 2.51. The van der Waals surface area contributed by atoms with Crippen LogP contribution in [0.5, 0.6) is 0 Å². The molecule has 0 amide bonds. The Balaban J connectivity index is 2.88. The van der Waals surface area contributed by atoms with Crippen LogP contribution >= 0.6 is 0 Å². The number of nitrogens with one attached hydrogen (secondary N) is 1. The fourth-order valence-corrected chi connectivity index (χ4v) is 0.835. The summed E-state index contributed by atoms with van der Waals surface area (Å²) in [6, 6.07) is 3.42. The number of aromatic amines is 1. The first kappa shape index (κ1) is 8.34. The van der Waals surface area contributed by atoms with Gasteiger partial charge < -0.3 is 9.72 Å². The molecule has 1 aromatic heterocycles. The summed E-state index contributed by atoms with van der Waals surface area (Å²) in [4.78, 5) is 13.7. The normalized spacial score (nSPS) is 9.00. The summed E-state index contributed by atoms with van der Waals surface area (Å²) in [5, 5.41) is 8.55. The third-order valence-corrected chi connectivity index (χ3v) is 1.35. The third-order valence-electron chi connectivity index (χ3n) is 1.35. The Morgan fingerprint density at radius 1 is 1.83 bits per heavy atom. The summed E-state index contributed by atoms with van der Waals surface area (Å²) in [5.41, 5.74) is 0.535. The molecule has 0 saturated heterocycles. The highest BCUT2D eigenvalue weighted by Gasteiger charge is 2.12. The number of nitriles is 1. The molecule has 1 rings (SSSR count). The molecular weight excluding hydrogens is 156 g/mol. The number of hydrogen-bond acceptors (Lipinski definition) is 3. The zero-order chi connectivity index (χ0) is 8.97. The maximum absolute atomic E-state index is 11.1. The molecule has 0 atom stereocenters. The quantitative estimate of drug-likeness (QED) is 0.664. The number of esters is 1. The van der Waals surface area contributed by atoms with Gasteiger partial charge in [-0.25, -0.2) is 4.79 Å². The first-order valence-corrected chi connectivity index (χ1v) is 3.54. The van der Waals surface area contributed by atoms with Gasteiger partial charge >= 0.3 is 5.97 Å². The van der Waals surface area contributed by atoms with E-state index in [2.05, 4.69) is 4.98 Å². The van der Waals surface area contributed by atoms with Crippen LogP contribution in [0, 0.1) is 11.3 Å². The Kier molecular flexibility index (Phi) is 2.49. The molecule has 0 bridgehead atoms. The van der Waals surface area contributed by atoms with Crippen molar-refractivity contribution in [2.45, 2.75) is 6.92 Å². The second-order valence-electron chi connectivity index (χ2n) is 2.10. The number of hydrogen-bond donors (Lipinski definition) is 1. The van der Waals surface area contributed by atoms with Gasteiger partial charge in [0.2, 0.25) is 0 Å². The topological polar surface area (TPSA) is 65.9 Å². The van der Waals surface area contributed by atoms with E-state index in [-0.39, 0.29) is 5.69 Å². The fraction of sp³-hybridized carbons (Fsp3) is 0.250. The molecule has 62 valence electrons. The first-order valence-electron chi connectivity index (χ1n) is 3.54. The largest absolute Gasteiger partial charge is 0.461 e. The SMILES string of the molecule is CCOC(=O)c1[nH]ccc1C#N. The maximum Gasteiger partial charge on any atom is 0.356 e. The molecule has 0 aliphatic rings. The van der Waals surface area contributed by atoms with E-state index >= 15 is 0 Å². The van der Waals surface area contributed by atoms with Crippen LogP contribution in [0.3, 0.4) is 0 Å². The molecule has 0 aliphatic carbocycles. The maximum atomic E-state index is 11.1. The Hall–Kier alpha value is -1.76. The predicted octanol–water partition coefficient (Wildman–Crippen LogP) is 1.06. The minimum Gasteiger partial charge on any atom is -0.461 e. The first-order chi connectivity index (χ1) is 5.79. The van der Waals surface area contributed by atoms with E-state index in [4.69, 9.17) is 10.00 Å². The molecule has 0 radical (unpaired) electrons. The highest BCUT2D eigenvalue weighted by Crippen LogP contribution is 2.05. The van der Waals surface area contributed by atoms with E-state index in [9.17, 15) is 4.79 Å². The molecule has 0 unspecified atom stereocenters. The van der Waals surface area contributed by atoms with Crippen LogP contribution < -0.4 is 0 Å². The lowest BCUT2D eigenvalue weighted by Crippen LogP contribution is -2.06. The number of aromatic nitrogens is 1. The van der Waals surface area contributed by atoms with Gasteiger partial charge in [-0.2, -0.15) is 5.26 Å². The predicted molar refractivity (Wildman–Crippen MR) is 41.5 cm³/mol. The van der Waals surface area contributed by atoms with Crippen LogP contribution in [0.1, 0.15) is 23.0 Å². The molecule has 0 saturated carbocycles. The van der Waals surface area contributed by atoms with E-state index in [0.717, 1.165) is 0 Å². The van der Waals surface area contributed by atoms with Crippen molar-refractivity contribution < 1.29 is 9.53 Å². The second kappa shape index (κ2) is 3.58. The molecule has 1 aromatic rings. The van der Waals surface area contributed by atoms with Crippen LogP contribution in [-0.2, 0) is 4.74 Å². The summed E-state index contributed by atoms with van der Waals surface area (Å²) in [6.07, 6.45) is 1.53. The van der Waals surface area contributed by atoms with Crippen LogP contribution in [0.25, 0.3) is 0 Å². The molecular formula is C8H8N2O2. The van der Waals surface area contributed by atoms with Gasteiger partial charge in [-0.1, -0.05) is 0 Å². The van der Waals surface area contributed by atoms with Gasteiger partial charge in [0.1, 0.15) is 11.8 Å². The van der Waals surface area contributed by atoms with Crippen molar-refractivity contribution in [2.24, 2.45) is 0 Å². The number of nitrogens with zero attached hydrogens (tertiary/aromatic N) is 1. The lowest BCUT2D eigenvalue weighted by atomic mass is 10.3. The second-order valence-corrected chi connectivity index (χ2v) is 2.10. The van der Waals surface area contributed by atoms with Gasteiger partial charge in [-0.05, 0) is 13.0 Å². The Bertz CT molecular complexity index is 322. The van der Waals surface area contributed by atoms with Crippen molar-refractivity contribution in [3.63, 3.8) is 0 Å². The van der Waals surface area contributed by atoms with Crippen LogP contribution in [0.2, 0.25) is 0 Å². The van der Waals surface area contributed by atoms with Crippen molar-refractivity contribution in [1.82, 2.24) is 4.98 Å². The summed E-state index contributed by atoms with van der Waals surface area (Å²) < 4.78 is 4.71. The van der Waals surface area contributed by atoms with Gasteiger partial charge in [0.05, 0.1) is 12.2 Å². The minimum absolute atomic E-state index is 0.222. The molecule has 0 aromatic carbocycles. The van der Waals surface area contributed by atoms with Gasteiger partial charge in [0.25, 0.3) is 0 Å². The Labute approximate surface area is 69.8 Å². The molecule has 12 heavy (non-hydrogen) atoms. The molecule has 0 fully saturated rings. The number of rotatable bonds is 2. The number of carbonyl (C=O) groups excluding carboxylic acids is 1. The van der Waals surface area contributed by atoms with E-state index in [1.165, 1.54) is 12.3 Å². The van der Waals surface area contributed by atoms with E-state index in [1.54, 1.807) is 6.92 Å². The summed E-state index contributed by atoms with van der Waals surface area (Å²) in [5.74, 6) is -0.487. The van der Waals surface area contributed by atoms with Gasteiger partial charge in [-0.15, -0.1) is 0 Å². The van der Waals surface area contributed by atoms with Crippen molar-refractivity contribution in [3.05, 3.63) is 23.5 Å². The average molecular weight is 164 g/mol. The summed E-state index contributed by atoms with van der Waals surface area (Å²) >= 11 is 0. The minimum atomic E-state index is -0.487. The monoisotopic (exact) mass is 164 g/mol. The highest BCUT2D eigenvalue weighted by molar-refractivity contribution is 5.90. The van der Waals surface area contributed by atoms with Crippen molar-refractivity contribution in [1.29, 1.82) is 5.26 Å². The van der Waals surface area contributed by atoms with E-state index < -0.39 is 5.97 Å². The number of H-pyrrole nitrogens is 1. The lowest BCUT2D eigenvalue weighted by Gasteiger charge is -1.97. The van der Waals surface area contributed by atoms with Crippen molar-refractivity contribution in [2.75, 3.05) is 6.61 Å². The van der Waals surface area contributed by atoms with Crippen molar-refractivity contribution in [3.8, 4) is 6.07 Å². The zero-order valence-corrected chi connectivity index (χ0v) is 6.63. The Morgan fingerprint density at radius 3 is 3.17 bits per heavy atom. The van der Waals surface area contributed by atoms with E-state index in [1.807, 2.05) is 6.07 Å². The number of carbonyl (C=O) groups is 1. The summed E-state index contributed by atoms with van der Waals surface area (Å²) in [7, 11) is 0. The molecule has 1 heterocycles. The molecule has 1 N–H and O–H groups in total. The lowest BCUT2D eigenvalue weighted by molar-refractivity contribution is 0.0520. The van der Waals surface area contributed by atoms with Gasteiger partial charge in [0.15, 0.2) is 0 Å². The smallest absolute Gasteiger partial charge is 0.356 e. The fourth-order valence-electron chi connectivity index (χ4n) is 0.835. The Morgan fingerprint density at radius 2 is 2.58 bits per heavy atom. The standard InChI is InChI=1S/C8H8N2O2/c1-2-12-8(11)7-6(5-9)3-4-10-7/h3-4,10H,2H2,1H3.